The summed E-state index contributed by atoms with van der Waals surface area (Å²) in [5, 5.41) is 8.86. The van der Waals surface area contributed by atoms with Crippen LogP contribution in [0.2, 0.25) is 0 Å². The molecule has 0 amide bonds. The molecule has 0 aliphatic rings. The van der Waals surface area contributed by atoms with Gasteiger partial charge in [0.1, 0.15) is 6.04 Å². The molecule has 3 aromatic rings. The average Bonchev–Trinajstić information content (AvgIpc) is 2.96. The fourth-order valence-electron chi connectivity index (χ4n) is 2.69. The van der Waals surface area contributed by atoms with E-state index in [1.54, 1.807) is 42.9 Å². The third kappa shape index (κ3) is 2.74. The number of nitrogens with zero attached hydrogens (tertiary/aromatic N) is 4. The highest BCUT2D eigenvalue weighted by molar-refractivity contribution is 5.73. The number of rotatable bonds is 4. The molecule has 0 fully saturated rings. The molecule has 0 radical (unpaired) electrons. The Kier molecular flexibility index (Phi) is 4.01. The van der Waals surface area contributed by atoms with Gasteiger partial charge in [-0.2, -0.15) is 0 Å². The second-order valence-corrected chi connectivity index (χ2v) is 5.83. The highest BCUT2D eigenvalue weighted by Crippen LogP contribution is 2.10. The SMILES string of the molecule is Cn1cnc2c1c(=O)n(-c1ccc(CC(N)C(=O)O)cc1)c(=O)n2C. The Morgan fingerprint density at radius 2 is 1.88 bits per heavy atom. The van der Waals surface area contributed by atoms with Crippen LogP contribution in [0.4, 0.5) is 0 Å². The quantitative estimate of drug-likeness (QED) is 0.650. The van der Waals surface area contributed by atoms with Gasteiger partial charge in [-0.15, -0.1) is 0 Å². The van der Waals surface area contributed by atoms with Gasteiger partial charge in [-0.05, 0) is 24.1 Å². The molecule has 0 aliphatic carbocycles. The van der Waals surface area contributed by atoms with Crippen molar-refractivity contribution in [1.29, 1.82) is 0 Å². The Morgan fingerprint density at radius 1 is 1.24 bits per heavy atom. The number of benzene rings is 1. The number of nitrogens with two attached hydrogens (primary N) is 1. The molecular formula is C16H17N5O4. The summed E-state index contributed by atoms with van der Waals surface area (Å²) in [4.78, 5) is 40.2. The third-order valence-corrected chi connectivity index (χ3v) is 4.09. The lowest BCUT2D eigenvalue weighted by Gasteiger charge is -2.10. The van der Waals surface area contributed by atoms with Crippen molar-refractivity contribution >= 4 is 17.1 Å². The highest BCUT2D eigenvalue weighted by atomic mass is 16.4. The normalized spacial score (nSPS) is 12.4. The number of aryl methyl sites for hydroxylation is 2. The summed E-state index contributed by atoms with van der Waals surface area (Å²) in [6.07, 6.45) is 1.63. The zero-order valence-electron chi connectivity index (χ0n) is 13.7. The van der Waals surface area contributed by atoms with E-state index < -0.39 is 23.3 Å². The molecule has 0 spiro atoms. The van der Waals surface area contributed by atoms with E-state index >= 15 is 0 Å². The number of imidazole rings is 1. The minimum Gasteiger partial charge on any atom is -0.480 e. The number of hydrogen-bond acceptors (Lipinski definition) is 5. The first-order valence-corrected chi connectivity index (χ1v) is 7.52. The van der Waals surface area contributed by atoms with Crippen LogP contribution in [0.3, 0.4) is 0 Å². The lowest BCUT2D eigenvalue weighted by Crippen LogP contribution is -2.38. The standard InChI is InChI=1S/C16H17N5O4/c1-19-8-18-13-12(19)14(22)21(16(25)20(13)2)10-5-3-9(4-6-10)7-11(17)15(23)24/h3-6,8,11H,7,17H2,1-2H3,(H,23,24). The lowest BCUT2D eigenvalue weighted by atomic mass is 10.1. The van der Waals surface area contributed by atoms with Crippen LogP contribution < -0.4 is 17.0 Å². The van der Waals surface area contributed by atoms with Gasteiger partial charge < -0.3 is 15.4 Å². The Labute approximate surface area is 141 Å². The molecule has 2 heterocycles. The molecular weight excluding hydrogens is 326 g/mol. The van der Waals surface area contributed by atoms with Crippen LogP contribution in [0, 0.1) is 0 Å². The second kappa shape index (κ2) is 6.02. The molecule has 1 unspecified atom stereocenters. The fourth-order valence-corrected chi connectivity index (χ4v) is 2.69. The predicted octanol–water partition coefficient (Wildman–Crippen LogP) is -0.623. The van der Waals surface area contributed by atoms with Gasteiger partial charge >= 0.3 is 11.7 Å². The predicted molar refractivity (Wildman–Crippen MR) is 90.9 cm³/mol. The van der Waals surface area contributed by atoms with Gasteiger partial charge in [0.15, 0.2) is 11.2 Å². The van der Waals surface area contributed by atoms with Crippen LogP contribution in [0.5, 0.6) is 0 Å². The first-order chi connectivity index (χ1) is 11.8. The molecule has 3 rings (SSSR count). The van der Waals surface area contributed by atoms with Crippen molar-refractivity contribution in [3.63, 3.8) is 0 Å². The van der Waals surface area contributed by atoms with E-state index in [4.69, 9.17) is 10.8 Å². The van der Waals surface area contributed by atoms with E-state index in [0.29, 0.717) is 22.4 Å². The molecule has 9 nitrogen and oxygen atoms in total. The van der Waals surface area contributed by atoms with Crippen molar-refractivity contribution in [3.8, 4) is 5.69 Å². The minimum atomic E-state index is -1.09. The minimum absolute atomic E-state index is 0.156. The summed E-state index contributed by atoms with van der Waals surface area (Å²) < 4.78 is 3.93. The number of carboxylic acid groups (broad SMARTS) is 1. The number of fused-ring (bicyclic) bond motifs is 1. The van der Waals surface area contributed by atoms with Gasteiger partial charge in [0.25, 0.3) is 5.56 Å². The monoisotopic (exact) mass is 343 g/mol. The Bertz CT molecular complexity index is 1070. The van der Waals surface area contributed by atoms with Gasteiger partial charge in [-0.25, -0.2) is 14.3 Å². The van der Waals surface area contributed by atoms with Crippen LogP contribution >= 0.6 is 0 Å². The zero-order chi connectivity index (χ0) is 18.3. The lowest BCUT2D eigenvalue weighted by molar-refractivity contribution is -0.138. The van der Waals surface area contributed by atoms with Gasteiger partial charge in [0.05, 0.1) is 12.0 Å². The molecule has 25 heavy (non-hydrogen) atoms. The molecule has 1 aromatic carbocycles. The largest absolute Gasteiger partial charge is 0.480 e. The van der Waals surface area contributed by atoms with Crippen molar-refractivity contribution in [1.82, 2.24) is 18.7 Å². The van der Waals surface area contributed by atoms with Crippen molar-refractivity contribution in [2.24, 2.45) is 19.8 Å². The molecule has 0 bridgehead atoms. The molecule has 0 saturated carbocycles. The van der Waals surface area contributed by atoms with Crippen LogP contribution in [0.1, 0.15) is 5.56 Å². The van der Waals surface area contributed by atoms with Crippen molar-refractivity contribution in [3.05, 3.63) is 57.0 Å². The number of carbonyl (C=O) groups is 1. The Hall–Kier alpha value is -3.20. The molecule has 1 atom stereocenters. The molecule has 0 aliphatic heterocycles. The fraction of sp³-hybridized carbons (Fsp3) is 0.250. The molecule has 130 valence electrons. The first-order valence-electron chi connectivity index (χ1n) is 7.52. The summed E-state index contributed by atoms with van der Waals surface area (Å²) in [7, 11) is 3.23. The maximum Gasteiger partial charge on any atom is 0.337 e. The molecule has 2 aromatic heterocycles. The van der Waals surface area contributed by atoms with E-state index in [1.165, 1.54) is 10.9 Å². The average molecular weight is 343 g/mol. The Morgan fingerprint density at radius 3 is 2.48 bits per heavy atom. The van der Waals surface area contributed by atoms with Crippen molar-refractivity contribution in [2.45, 2.75) is 12.5 Å². The van der Waals surface area contributed by atoms with E-state index in [2.05, 4.69) is 4.98 Å². The topological polar surface area (TPSA) is 125 Å². The first kappa shape index (κ1) is 16.7. The molecule has 9 heteroatoms. The summed E-state index contributed by atoms with van der Waals surface area (Å²) in [6, 6.07) is 5.48. The molecule has 3 N–H and O–H groups in total. The van der Waals surface area contributed by atoms with Gasteiger partial charge in [0, 0.05) is 14.1 Å². The van der Waals surface area contributed by atoms with E-state index in [1.807, 2.05) is 0 Å². The van der Waals surface area contributed by atoms with E-state index in [0.717, 1.165) is 4.57 Å². The second-order valence-electron chi connectivity index (χ2n) is 5.83. The van der Waals surface area contributed by atoms with Crippen LogP contribution in [-0.2, 0) is 25.3 Å². The summed E-state index contributed by atoms with van der Waals surface area (Å²) in [5.74, 6) is -1.09. The summed E-state index contributed by atoms with van der Waals surface area (Å²) in [6.45, 7) is 0. The highest BCUT2D eigenvalue weighted by Gasteiger charge is 2.16. The van der Waals surface area contributed by atoms with Gasteiger partial charge in [-0.3, -0.25) is 14.2 Å². The smallest absolute Gasteiger partial charge is 0.337 e. The van der Waals surface area contributed by atoms with Gasteiger partial charge in [0.2, 0.25) is 0 Å². The number of aromatic nitrogens is 4. The zero-order valence-corrected chi connectivity index (χ0v) is 13.7. The van der Waals surface area contributed by atoms with Crippen LogP contribution in [0.25, 0.3) is 16.9 Å². The van der Waals surface area contributed by atoms with Gasteiger partial charge in [-0.1, -0.05) is 12.1 Å². The van der Waals surface area contributed by atoms with Crippen LogP contribution in [-0.4, -0.2) is 35.8 Å². The third-order valence-electron chi connectivity index (χ3n) is 4.09. The maximum atomic E-state index is 12.7. The van der Waals surface area contributed by atoms with E-state index in [-0.39, 0.29) is 6.42 Å². The summed E-state index contributed by atoms with van der Waals surface area (Å²) in [5.41, 5.74) is 6.27. The maximum absolute atomic E-state index is 12.7. The van der Waals surface area contributed by atoms with Crippen molar-refractivity contribution < 1.29 is 9.90 Å². The number of carboxylic acids is 1. The number of aliphatic carboxylic acids is 1. The van der Waals surface area contributed by atoms with Crippen molar-refractivity contribution in [2.75, 3.05) is 0 Å². The van der Waals surface area contributed by atoms with Crippen LogP contribution in [0.15, 0.2) is 40.2 Å². The number of hydrogen-bond donors (Lipinski definition) is 2. The molecule has 0 saturated heterocycles. The Balaban J connectivity index is 2.11. The summed E-state index contributed by atoms with van der Waals surface area (Å²) >= 11 is 0. The van der Waals surface area contributed by atoms with E-state index in [9.17, 15) is 14.4 Å².